The number of para-hydroxylation sites is 1. The van der Waals surface area contributed by atoms with Gasteiger partial charge in [-0.3, -0.25) is 0 Å². The third kappa shape index (κ3) is 1.97. The van der Waals surface area contributed by atoms with Crippen LogP contribution in [0.5, 0.6) is 5.75 Å². The van der Waals surface area contributed by atoms with Crippen LogP contribution in [-0.2, 0) is 0 Å². The van der Waals surface area contributed by atoms with E-state index < -0.39 is 5.97 Å². The molecule has 3 aromatic rings. The van der Waals surface area contributed by atoms with Gasteiger partial charge in [-0.1, -0.05) is 12.1 Å². The number of nitrogens with zero attached hydrogens (tertiary/aromatic N) is 3. The van der Waals surface area contributed by atoms with Crippen LogP contribution < -0.4 is 4.74 Å². The zero-order valence-electron chi connectivity index (χ0n) is 10.6. The van der Waals surface area contributed by atoms with Gasteiger partial charge >= 0.3 is 5.97 Å². The Hall–Kier alpha value is -2.89. The number of rotatable bonds is 3. The molecular formula is C14H11N3O3. The second-order valence-electron chi connectivity index (χ2n) is 4.15. The summed E-state index contributed by atoms with van der Waals surface area (Å²) in [7, 11) is 1.59. The molecule has 0 amide bonds. The number of ether oxygens (including phenoxy) is 1. The fourth-order valence-electron chi connectivity index (χ4n) is 1.99. The molecule has 0 fully saturated rings. The van der Waals surface area contributed by atoms with Crippen molar-refractivity contribution in [3.05, 3.63) is 48.3 Å². The molecule has 1 aromatic carbocycles. The van der Waals surface area contributed by atoms with Gasteiger partial charge in [-0.15, -0.1) is 0 Å². The van der Waals surface area contributed by atoms with Gasteiger partial charge in [0.05, 0.1) is 19.0 Å². The highest BCUT2D eigenvalue weighted by Gasteiger charge is 2.11. The molecule has 0 aliphatic carbocycles. The number of carboxylic acid groups (broad SMARTS) is 1. The number of imidazole rings is 1. The first kappa shape index (κ1) is 12.2. The van der Waals surface area contributed by atoms with Crippen LogP contribution in [0.4, 0.5) is 0 Å². The largest absolute Gasteiger partial charge is 0.496 e. The second kappa shape index (κ2) is 4.65. The predicted molar refractivity (Wildman–Crippen MR) is 71.9 cm³/mol. The van der Waals surface area contributed by atoms with E-state index in [2.05, 4.69) is 10.1 Å². The van der Waals surface area contributed by atoms with Crippen LogP contribution in [0.1, 0.15) is 10.5 Å². The van der Waals surface area contributed by atoms with E-state index in [1.54, 1.807) is 19.2 Å². The van der Waals surface area contributed by atoms with E-state index in [1.165, 1.54) is 10.7 Å². The summed E-state index contributed by atoms with van der Waals surface area (Å²) >= 11 is 0. The zero-order valence-corrected chi connectivity index (χ0v) is 10.6. The average Bonchev–Trinajstić information content (AvgIpc) is 2.90. The predicted octanol–water partition coefficient (Wildman–Crippen LogP) is 2.10. The molecule has 2 heterocycles. The summed E-state index contributed by atoms with van der Waals surface area (Å²) in [5, 5.41) is 13.3. The molecular weight excluding hydrogens is 258 g/mol. The summed E-state index contributed by atoms with van der Waals surface area (Å²) in [6.07, 6.45) is 1.39. The van der Waals surface area contributed by atoms with Gasteiger partial charge in [-0.25, -0.2) is 14.3 Å². The third-order valence-electron chi connectivity index (χ3n) is 2.92. The molecule has 0 radical (unpaired) electrons. The van der Waals surface area contributed by atoms with Gasteiger partial charge in [-0.2, -0.15) is 5.10 Å². The molecule has 1 N–H and O–H groups in total. The lowest BCUT2D eigenvalue weighted by molar-refractivity contribution is 0.0691. The normalized spacial score (nSPS) is 10.7. The Kier molecular flexibility index (Phi) is 2.83. The van der Waals surface area contributed by atoms with E-state index in [-0.39, 0.29) is 5.69 Å². The van der Waals surface area contributed by atoms with Crippen molar-refractivity contribution in [2.75, 3.05) is 7.11 Å². The van der Waals surface area contributed by atoms with E-state index in [0.29, 0.717) is 17.1 Å². The van der Waals surface area contributed by atoms with E-state index in [4.69, 9.17) is 9.84 Å². The lowest BCUT2D eigenvalue weighted by atomic mass is 10.1. The van der Waals surface area contributed by atoms with Gasteiger partial charge in [0.1, 0.15) is 5.75 Å². The number of hydrogen-bond donors (Lipinski definition) is 1. The Bertz CT molecular complexity index is 795. The summed E-state index contributed by atoms with van der Waals surface area (Å²) in [6, 6.07) is 11.0. The first-order valence-electron chi connectivity index (χ1n) is 5.92. The van der Waals surface area contributed by atoms with Crippen molar-refractivity contribution >= 4 is 11.6 Å². The smallest absolute Gasteiger partial charge is 0.356 e. The molecule has 20 heavy (non-hydrogen) atoms. The monoisotopic (exact) mass is 269 g/mol. The molecule has 0 bridgehead atoms. The summed E-state index contributed by atoms with van der Waals surface area (Å²) in [5.41, 5.74) is 1.97. The number of hydrogen-bond acceptors (Lipinski definition) is 4. The van der Waals surface area contributed by atoms with Crippen LogP contribution in [0.25, 0.3) is 16.9 Å². The Balaban J connectivity index is 2.15. The molecule has 2 aromatic heterocycles. The highest BCUT2D eigenvalue weighted by molar-refractivity contribution is 5.86. The maximum Gasteiger partial charge on any atom is 0.356 e. The van der Waals surface area contributed by atoms with Crippen LogP contribution in [0.3, 0.4) is 0 Å². The van der Waals surface area contributed by atoms with Crippen molar-refractivity contribution < 1.29 is 14.6 Å². The van der Waals surface area contributed by atoms with Crippen LogP contribution in [0.2, 0.25) is 0 Å². The standard InChI is InChI=1S/C14H11N3O3/c1-20-12-5-3-2-4-9(12)10-6-7-13-15-11(14(18)19)8-17(13)16-10/h2-8H,1H3,(H,18,19). The Morgan fingerprint density at radius 2 is 2.05 bits per heavy atom. The molecule has 0 saturated heterocycles. The van der Waals surface area contributed by atoms with Gasteiger partial charge in [-0.05, 0) is 24.3 Å². The second-order valence-corrected chi connectivity index (χ2v) is 4.15. The fraction of sp³-hybridized carbons (Fsp3) is 0.0714. The van der Waals surface area contributed by atoms with Crippen molar-refractivity contribution in [2.24, 2.45) is 0 Å². The van der Waals surface area contributed by atoms with Crippen LogP contribution >= 0.6 is 0 Å². The third-order valence-corrected chi connectivity index (χ3v) is 2.92. The number of benzene rings is 1. The average molecular weight is 269 g/mol. The molecule has 0 unspecified atom stereocenters. The highest BCUT2D eigenvalue weighted by Crippen LogP contribution is 2.27. The van der Waals surface area contributed by atoms with Crippen LogP contribution in [-0.4, -0.2) is 32.8 Å². The molecule has 0 atom stereocenters. The summed E-state index contributed by atoms with van der Waals surface area (Å²) in [6.45, 7) is 0. The molecule has 0 spiro atoms. The first-order valence-corrected chi connectivity index (χ1v) is 5.92. The Morgan fingerprint density at radius 1 is 1.25 bits per heavy atom. The number of aromatic nitrogens is 3. The minimum atomic E-state index is -1.07. The maximum absolute atomic E-state index is 10.9. The van der Waals surface area contributed by atoms with E-state index in [0.717, 1.165) is 5.56 Å². The molecule has 0 aliphatic rings. The lowest BCUT2D eigenvalue weighted by Crippen LogP contribution is -1.96. The van der Waals surface area contributed by atoms with Crippen molar-refractivity contribution in [1.82, 2.24) is 14.6 Å². The summed E-state index contributed by atoms with van der Waals surface area (Å²) < 4.78 is 6.75. The zero-order chi connectivity index (χ0) is 14.1. The van der Waals surface area contributed by atoms with Gasteiger partial charge < -0.3 is 9.84 Å². The molecule has 3 rings (SSSR count). The number of aromatic carboxylic acids is 1. The van der Waals surface area contributed by atoms with E-state index in [9.17, 15) is 4.79 Å². The first-order chi connectivity index (χ1) is 9.69. The maximum atomic E-state index is 10.9. The van der Waals surface area contributed by atoms with E-state index in [1.807, 2.05) is 24.3 Å². The number of carbonyl (C=O) groups is 1. The molecule has 0 aliphatic heterocycles. The molecule has 100 valence electrons. The van der Waals surface area contributed by atoms with Crippen LogP contribution in [0.15, 0.2) is 42.6 Å². The number of methoxy groups -OCH3 is 1. The van der Waals surface area contributed by atoms with Crippen molar-refractivity contribution in [1.29, 1.82) is 0 Å². The SMILES string of the molecule is COc1ccccc1-c1ccc2nc(C(=O)O)cn2n1. The minimum Gasteiger partial charge on any atom is -0.496 e. The quantitative estimate of drug-likeness (QED) is 0.788. The molecule has 6 heteroatoms. The van der Waals surface area contributed by atoms with Gasteiger partial charge in [0.15, 0.2) is 11.3 Å². The Labute approximate surface area is 114 Å². The van der Waals surface area contributed by atoms with Crippen LogP contribution in [0, 0.1) is 0 Å². The van der Waals surface area contributed by atoms with Gasteiger partial charge in [0.25, 0.3) is 0 Å². The molecule has 0 saturated carbocycles. The Morgan fingerprint density at radius 3 is 2.80 bits per heavy atom. The minimum absolute atomic E-state index is 0.0327. The summed E-state index contributed by atoms with van der Waals surface area (Å²) in [5.74, 6) is -0.368. The molecule has 6 nitrogen and oxygen atoms in total. The van der Waals surface area contributed by atoms with Gasteiger partial charge in [0.2, 0.25) is 0 Å². The number of carboxylic acids is 1. The van der Waals surface area contributed by atoms with Crippen molar-refractivity contribution in [3.8, 4) is 17.0 Å². The van der Waals surface area contributed by atoms with Gasteiger partial charge in [0, 0.05) is 5.56 Å². The van der Waals surface area contributed by atoms with Crippen molar-refractivity contribution in [2.45, 2.75) is 0 Å². The van der Waals surface area contributed by atoms with E-state index >= 15 is 0 Å². The highest BCUT2D eigenvalue weighted by atomic mass is 16.5. The summed E-state index contributed by atoms with van der Waals surface area (Å²) in [4.78, 5) is 14.9. The van der Waals surface area contributed by atoms with Crippen molar-refractivity contribution in [3.63, 3.8) is 0 Å². The fourth-order valence-corrected chi connectivity index (χ4v) is 1.99. The lowest BCUT2D eigenvalue weighted by Gasteiger charge is -2.07. The topological polar surface area (TPSA) is 76.7 Å². The number of fused-ring (bicyclic) bond motifs is 1.